The molecule has 1 atom stereocenters. The number of amides is 1. The van der Waals surface area contributed by atoms with Crippen molar-refractivity contribution in [2.24, 2.45) is 0 Å². The average molecular weight is 576 g/mol. The third kappa shape index (κ3) is 6.31. The number of carbonyl (C=O) groups excluding carboxylic acids is 1. The van der Waals surface area contributed by atoms with Crippen LogP contribution < -0.4 is 11.3 Å². The van der Waals surface area contributed by atoms with E-state index in [9.17, 15) is 9.59 Å². The van der Waals surface area contributed by atoms with Gasteiger partial charge < -0.3 is 20.4 Å². The first-order chi connectivity index (χ1) is 19.3. The number of likely N-dealkylation sites (tertiary alicyclic amines) is 1. The van der Waals surface area contributed by atoms with Crippen molar-refractivity contribution in [3.05, 3.63) is 92.7 Å². The molecule has 3 N–H and O–H groups in total. The highest BCUT2D eigenvalue weighted by Crippen LogP contribution is 2.38. The summed E-state index contributed by atoms with van der Waals surface area (Å²) in [6, 6.07) is 19.6. The van der Waals surface area contributed by atoms with E-state index in [0.29, 0.717) is 28.3 Å². The number of H-pyrrole nitrogens is 1. The molecule has 40 heavy (non-hydrogen) atoms. The summed E-state index contributed by atoms with van der Waals surface area (Å²) < 4.78 is 5.67. The van der Waals surface area contributed by atoms with Gasteiger partial charge in [-0.3, -0.25) is 4.79 Å². The standard InChI is InChI=1S/C32H34ClN3O3S/c1-20-14-21(2)16-23(15-20)29-30(25-17-27(34)26(33)18-28(25)35-31(29)37)40-13-11-24-10-6-7-12-36(24)32(38)39-19-22-8-4-3-5-9-22/h3-5,8-9,14-18,24H,6-7,10-13,19,34H2,1-2H3,(H,35,37). The van der Waals surface area contributed by atoms with Gasteiger partial charge in [-0.05, 0) is 62.8 Å². The van der Waals surface area contributed by atoms with Crippen LogP contribution in [-0.2, 0) is 11.3 Å². The maximum Gasteiger partial charge on any atom is 0.410 e. The number of aryl methyl sites for hydroxylation is 2. The van der Waals surface area contributed by atoms with E-state index in [4.69, 9.17) is 22.1 Å². The fourth-order valence-electron chi connectivity index (χ4n) is 5.48. The lowest BCUT2D eigenvalue weighted by Gasteiger charge is -2.35. The average Bonchev–Trinajstić information content (AvgIpc) is 2.93. The maximum absolute atomic E-state index is 13.5. The van der Waals surface area contributed by atoms with Gasteiger partial charge in [-0.2, -0.15) is 0 Å². The Morgan fingerprint density at radius 1 is 1.10 bits per heavy atom. The zero-order chi connectivity index (χ0) is 28.2. The maximum atomic E-state index is 13.5. The number of hydrogen-bond donors (Lipinski definition) is 2. The number of halogens is 1. The third-order valence-corrected chi connectivity index (χ3v) is 8.84. The van der Waals surface area contributed by atoms with Crippen molar-refractivity contribution < 1.29 is 9.53 Å². The predicted molar refractivity (Wildman–Crippen MR) is 165 cm³/mol. The van der Waals surface area contributed by atoms with Crippen molar-refractivity contribution in [3.63, 3.8) is 0 Å². The molecule has 1 aliphatic rings. The molecule has 0 saturated carbocycles. The molecule has 1 amide bonds. The number of pyridine rings is 1. The number of nitrogen functional groups attached to an aromatic ring is 1. The van der Waals surface area contributed by atoms with Crippen molar-refractivity contribution in [2.45, 2.75) is 57.1 Å². The number of thioether (sulfide) groups is 1. The fourth-order valence-corrected chi connectivity index (χ4v) is 6.91. The Bertz CT molecular complexity index is 1570. The number of benzene rings is 3. The summed E-state index contributed by atoms with van der Waals surface area (Å²) in [5, 5.41) is 1.27. The quantitative estimate of drug-likeness (QED) is 0.174. The van der Waals surface area contributed by atoms with Crippen molar-refractivity contribution in [3.8, 4) is 11.1 Å². The number of aromatic nitrogens is 1. The normalized spacial score (nSPS) is 15.4. The van der Waals surface area contributed by atoms with Crippen molar-refractivity contribution in [1.82, 2.24) is 9.88 Å². The molecule has 0 radical (unpaired) electrons. The predicted octanol–water partition coefficient (Wildman–Crippen LogP) is 7.72. The summed E-state index contributed by atoms with van der Waals surface area (Å²) in [5.41, 5.74) is 11.8. The molecule has 3 aromatic carbocycles. The van der Waals surface area contributed by atoms with Gasteiger partial charge in [0.05, 0.1) is 21.8 Å². The van der Waals surface area contributed by atoms with E-state index in [0.717, 1.165) is 64.0 Å². The first-order valence-electron chi connectivity index (χ1n) is 13.6. The number of nitrogens with zero attached hydrogens (tertiary/aromatic N) is 1. The topological polar surface area (TPSA) is 88.4 Å². The SMILES string of the molecule is Cc1cc(C)cc(-c2c(SCCC3CCCCN3C(=O)OCc3ccccc3)c3cc(N)c(Cl)cc3[nH]c2=O)c1. The molecule has 1 saturated heterocycles. The molecule has 2 heterocycles. The van der Waals surface area contributed by atoms with Crippen LogP contribution in [-0.4, -0.2) is 34.3 Å². The third-order valence-electron chi connectivity index (χ3n) is 7.36. The zero-order valence-corrected chi connectivity index (χ0v) is 24.4. The van der Waals surface area contributed by atoms with Crippen molar-refractivity contribution in [2.75, 3.05) is 18.0 Å². The van der Waals surface area contributed by atoms with Crippen molar-refractivity contribution >= 4 is 46.0 Å². The lowest BCUT2D eigenvalue weighted by Crippen LogP contribution is -2.44. The van der Waals surface area contributed by atoms with Gasteiger partial charge in [0, 0.05) is 28.6 Å². The summed E-state index contributed by atoms with van der Waals surface area (Å²) in [5.74, 6) is 0.728. The Morgan fingerprint density at radius 2 is 1.85 bits per heavy atom. The monoisotopic (exact) mass is 575 g/mol. The lowest BCUT2D eigenvalue weighted by atomic mass is 10.00. The van der Waals surface area contributed by atoms with Crippen molar-refractivity contribution in [1.29, 1.82) is 0 Å². The smallest absolute Gasteiger partial charge is 0.410 e. The molecular weight excluding hydrogens is 542 g/mol. The van der Waals surface area contributed by atoms with Crippen LogP contribution in [0.3, 0.4) is 0 Å². The van der Waals surface area contributed by atoms with Gasteiger partial charge in [-0.15, -0.1) is 11.8 Å². The number of ether oxygens (including phenoxy) is 1. The summed E-state index contributed by atoms with van der Waals surface area (Å²) in [4.78, 5) is 32.3. The number of fused-ring (bicyclic) bond motifs is 1. The molecule has 1 unspecified atom stereocenters. The van der Waals surface area contributed by atoms with Gasteiger partial charge in [0.25, 0.3) is 5.56 Å². The van der Waals surface area contributed by atoms with E-state index in [-0.39, 0.29) is 24.3 Å². The molecular formula is C32H34ClN3O3S. The van der Waals surface area contributed by atoms with E-state index < -0.39 is 0 Å². The van der Waals surface area contributed by atoms with E-state index in [1.165, 1.54) is 0 Å². The highest BCUT2D eigenvalue weighted by molar-refractivity contribution is 7.99. The second-order valence-electron chi connectivity index (χ2n) is 10.5. The minimum Gasteiger partial charge on any atom is -0.445 e. The van der Waals surface area contributed by atoms with E-state index >= 15 is 0 Å². The molecule has 0 spiro atoms. The van der Waals surface area contributed by atoms with Crippen LogP contribution in [0.25, 0.3) is 22.0 Å². The summed E-state index contributed by atoms with van der Waals surface area (Å²) >= 11 is 7.94. The minimum atomic E-state index is -0.265. The number of carbonyl (C=O) groups is 1. The molecule has 8 heteroatoms. The molecule has 1 aliphatic heterocycles. The Morgan fingerprint density at radius 3 is 2.60 bits per heavy atom. The van der Waals surface area contributed by atoms with Crippen LogP contribution >= 0.6 is 23.4 Å². The number of hydrogen-bond acceptors (Lipinski definition) is 5. The molecule has 5 rings (SSSR count). The molecule has 0 bridgehead atoms. The van der Waals surface area contributed by atoms with Gasteiger partial charge in [0.2, 0.25) is 0 Å². The van der Waals surface area contributed by atoms with Gasteiger partial charge in [-0.1, -0.05) is 71.3 Å². The Labute approximate surface area is 243 Å². The van der Waals surface area contributed by atoms with Crippen LogP contribution in [0.2, 0.25) is 5.02 Å². The first-order valence-corrected chi connectivity index (χ1v) is 15.0. The van der Waals surface area contributed by atoms with E-state index in [1.54, 1.807) is 17.8 Å². The number of piperidine rings is 1. The number of aromatic amines is 1. The van der Waals surface area contributed by atoms with Crippen LogP contribution in [0, 0.1) is 13.8 Å². The molecule has 6 nitrogen and oxygen atoms in total. The Kier molecular flexibility index (Phi) is 8.72. The zero-order valence-electron chi connectivity index (χ0n) is 22.8. The second-order valence-corrected chi connectivity index (χ2v) is 12.0. The highest BCUT2D eigenvalue weighted by atomic mass is 35.5. The van der Waals surface area contributed by atoms with Gasteiger partial charge in [0.1, 0.15) is 6.61 Å². The largest absolute Gasteiger partial charge is 0.445 e. The molecule has 0 aliphatic carbocycles. The number of nitrogens with one attached hydrogen (secondary N) is 1. The summed E-state index contributed by atoms with van der Waals surface area (Å²) in [7, 11) is 0. The molecule has 208 valence electrons. The van der Waals surface area contributed by atoms with Crippen LogP contribution in [0.1, 0.15) is 42.4 Å². The number of nitrogens with two attached hydrogens (primary N) is 1. The number of rotatable bonds is 7. The first kappa shape index (κ1) is 28.1. The minimum absolute atomic E-state index is 0.0852. The Balaban J connectivity index is 1.40. The fraction of sp³-hybridized carbons (Fsp3) is 0.312. The van der Waals surface area contributed by atoms with E-state index in [1.807, 2.05) is 67.3 Å². The molecule has 4 aromatic rings. The molecule has 1 fully saturated rings. The second kappa shape index (κ2) is 12.4. The molecule has 1 aromatic heterocycles. The Hall–Kier alpha value is -3.42. The van der Waals surface area contributed by atoms with Crippen LogP contribution in [0.4, 0.5) is 10.5 Å². The highest BCUT2D eigenvalue weighted by Gasteiger charge is 2.28. The number of anilines is 1. The van der Waals surface area contributed by atoms with Gasteiger partial charge in [0.15, 0.2) is 0 Å². The van der Waals surface area contributed by atoms with Gasteiger partial charge in [-0.25, -0.2) is 4.79 Å². The summed E-state index contributed by atoms with van der Waals surface area (Å²) in [6.07, 6.45) is 3.51. The van der Waals surface area contributed by atoms with Crippen LogP contribution in [0.5, 0.6) is 0 Å². The summed E-state index contributed by atoms with van der Waals surface area (Å²) in [6.45, 7) is 5.02. The van der Waals surface area contributed by atoms with Crippen LogP contribution in [0.15, 0.2) is 70.4 Å². The lowest BCUT2D eigenvalue weighted by molar-refractivity contribution is 0.0675. The van der Waals surface area contributed by atoms with E-state index in [2.05, 4.69) is 11.1 Å². The van der Waals surface area contributed by atoms with Gasteiger partial charge >= 0.3 is 6.09 Å².